The highest BCUT2D eigenvalue weighted by atomic mass is 16.5. The lowest BCUT2D eigenvalue weighted by atomic mass is 9.85. The lowest BCUT2D eigenvalue weighted by molar-refractivity contribution is -0.131. The van der Waals surface area contributed by atoms with Gasteiger partial charge in [0.2, 0.25) is 0 Å². The maximum atomic E-state index is 12.8. The van der Waals surface area contributed by atoms with Crippen LogP contribution in [0.25, 0.3) is 0 Å². The second kappa shape index (κ2) is 5.59. The van der Waals surface area contributed by atoms with E-state index < -0.39 is 5.54 Å². The summed E-state index contributed by atoms with van der Waals surface area (Å²) in [6.45, 7) is 4.92. The molecule has 128 valence electrons. The van der Waals surface area contributed by atoms with Gasteiger partial charge in [-0.05, 0) is 43.4 Å². The predicted octanol–water partition coefficient (Wildman–Crippen LogP) is 2.17. The molecule has 0 N–H and O–H groups in total. The van der Waals surface area contributed by atoms with E-state index in [1.54, 1.807) is 12.0 Å². The van der Waals surface area contributed by atoms with Crippen molar-refractivity contribution in [2.24, 2.45) is 16.8 Å². The van der Waals surface area contributed by atoms with E-state index in [9.17, 15) is 4.79 Å². The van der Waals surface area contributed by atoms with Crippen molar-refractivity contribution in [2.45, 2.75) is 31.8 Å². The highest BCUT2D eigenvalue weighted by molar-refractivity contribution is 6.07. The molecule has 0 aromatic heterocycles. The molecule has 2 aliphatic heterocycles. The summed E-state index contributed by atoms with van der Waals surface area (Å²) in [5.74, 6) is 2.92. The number of methoxy groups -OCH3 is 1. The van der Waals surface area contributed by atoms with Crippen LogP contribution in [-0.4, -0.2) is 54.3 Å². The molecule has 5 heteroatoms. The van der Waals surface area contributed by atoms with Crippen LogP contribution in [0.3, 0.4) is 0 Å². The zero-order valence-electron chi connectivity index (χ0n) is 14.7. The number of rotatable bonds is 3. The molecule has 2 fully saturated rings. The number of likely N-dealkylation sites (tertiary alicyclic amines) is 1. The van der Waals surface area contributed by atoms with Gasteiger partial charge in [-0.1, -0.05) is 12.1 Å². The minimum atomic E-state index is -0.474. The highest BCUT2D eigenvalue weighted by Gasteiger charge is 2.59. The van der Waals surface area contributed by atoms with Crippen molar-refractivity contribution in [1.29, 1.82) is 0 Å². The number of benzene rings is 1. The lowest BCUT2D eigenvalue weighted by Crippen LogP contribution is -2.45. The first-order chi connectivity index (χ1) is 11.5. The number of hydrogen-bond acceptors (Lipinski definition) is 4. The Labute approximate surface area is 143 Å². The summed E-state index contributed by atoms with van der Waals surface area (Å²) in [6, 6.07) is 8.27. The third-order valence-corrected chi connectivity index (χ3v) is 6.11. The van der Waals surface area contributed by atoms with Crippen molar-refractivity contribution < 1.29 is 9.53 Å². The maximum absolute atomic E-state index is 12.8. The molecule has 0 bridgehead atoms. The average Bonchev–Trinajstić information content (AvgIpc) is 3.20. The molecule has 0 radical (unpaired) electrons. The Hall–Kier alpha value is -1.88. The van der Waals surface area contributed by atoms with Crippen LogP contribution in [-0.2, 0) is 11.3 Å². The molecule has 3 aliphatic rings. The minimum absolute atomic E-state index is 0.207. The van der Waals surface area contributed by atoms with Crippen LogP contribution in [0.15, 0.2) is 29.3 Å². The van der Waals surface area contributed by atoms with Gasteiger partial charge in [0.15, 0.2) is 0 Å². The summed E-state index contributed by atoms with van der Waals surface area (Å²) in [6.07, 6.45) is 2.03. The van der Waals surface area contributed by atoms with Gasteiger partial charge in [-0.3, -0.25) is 14.7 Å². The van der Waals surface area contributed by atoms with Crippen LogP contribution in [0.2, 0.25) is 0 Å². The molecule has 1 aliphatic carbocycles. The molecule has 2 heterocycles. The molecule has 1 spiro atoms. The number of amidine groups is 1. The Kier molecular flexibility index (Phi) is 3.64. The van der Waals surface area contributed by atoms with Gasteiger partial charge in [0.1, 0.15) is 17.1 Å². The summed E-state index contributed by atoms with van der Waals surface area (Å²) in [5.41, 5.74) is 0.817. The predicted molar refractivity (Wildman–Crippen MR) is 93.1 cm³/mol. The van der Waals surface area contributed by atoms with E-state index in [1.165, 1.54) is 5.56 Å². The summed E-state index contributed by atoms with van der Waals surface area (Å²) in [7, 11) is 3.54. The molecular weight excluding hydrogens is 302 g/mol. The fourth-order valence-electron chi connectivity index (χ4n) is 4.76. The van der Waals surface area contributed by atoms with Crippen LogP contribution in [0.4, 0.5) is 0 Å². The maximum Gasteiger partial charge on any atom is 0.255 e. The van der Waals surface area contributed by atoms with Crippen molar-refractivity contribution in [3.05, 3.63) is 29.8 Å². The van der Waals surface area contributed by atoms with Gasteiger partial charge in [0.25, 0.3) is 5.91 Å². The monoisotopic (exact) mass is 327 g/mol. The molecule has 1 saturated carbocycles. The van der Waals surface area contributed by atoms with Crippen molar-refractivity contribution in [1.82, 2.24) is 9.80 Å². The number of fused-ring (bicyclic) bond motifs is 2. The smallest absolute Gasteiger partial charge is 0.255 e. The minimum Gasteiger partial charge on any atom is -0.497 e. The summed E-state index contributed by atoms with van der Waals surface area (Å²) < 4.78 is 5.22. The molecule has 0 unspecified atom stereocenters. The Morgan fingerprint density at radius 2 is 2.04 bits per heavy atom. The molecule has 3 atom stereocenters. The molecule has 1 saturated heterocycles. The van der Waals surface area contributed by atoms with Crippen LogP contribution in [0.5, 0.6) is 5.75 Å². The van der Waals surface area contributed by atoms with E-state index in [0.29, 0.717) is 11.8 Å². The number of aliphatic imine (C=N–C) groups is 1. The Morgan fingerprint density at radius 3 is 2.67 bits per heavy atom. The zero-order valence-corrected chi connectivity index (χ0v) is 14.7. The molecule has 5 nitrogen and oxygen atoms in total. The van der Waals surface area contributed by atoms with Gasteiger partial charge < -0.3 is 9.64 Å². The Balaban J connectivity index is 1.49. The number of hydrogen-bond donors (Lipinski definition) is 0. The fraction of sp³-hybridized carbons (Fsp3) is 0.579. The third kappa shape index (κ3) is 2.25. The van der Waals surface area contributed by atoms with Gasteiger partial charge >= 0.3 is 0 Å². The number of likely N-dealkylation sites (N-methyl/N-ethyl adjacent to an activating group) is 1. The standard InChI is InChI=1S/C19H25N3O2/c1-13-20-19(18(23)21(13)2)9-8-15-11-22(12-17(15)19)10-14-4-6-16(24-3)7-5-14/h4-7,15,17H,8-12H2,1-3H3/t15-,17+,19-/m1/s1. The summed E-state index contributed by atoms with van der Waals surface area (Å²) in [5, 5.41) is 0. The first kappa shape index (κ1) is 15.6. The SMILES string of the molecule is COc1ccc(CN2C[C@H]3CC[C@@]4(N=C(C)N(C)C4=O)[C@H]3C2)cc1. The van der Waals surface area contributed by atoms with E-state index in [4.69, 9.17) is 9.73 Å². The van der Waals surface area contributed by atoms with E-state index in [0.717, 1.165) is 44.1 Å². The molecule has 1 amide bonds. The normalized spacial score (nSPS) is 32.5. The molecular formula is C19H25N3O2. The summed E-state index contributed by atoms with van der Waals surface area (Å²) >= 11 is 0. The highest BCUT2D eigenvalue weighted by Crippen LogP contribution is 2.50. The quantitative estimate of drug-likeness (QED) is 0.855. The van der Waals surface area contributed by atoms with Gasteiger partial charge in [0, 0.05) is 32.6 Å². The first-order valence-electron chi connectivity index (χ1n) is 8.73. The first-order valence-corrected chi connectivity index (χ1v) is 8.73. The van der Waals surface area contributed by atoms with Gasteiger partial charge in [0.05, 0.1) is 7.11 Å². The number of carbonyl (C=O) groups is 1. The summed E-state index contributed by atoms with van der Waals surface area (Å²) in [4.78, 5) is 21.9. The average molecular weight is 327 g/mol. The zero-order chi connectivity index (χ0) is 16.9. The topological polar surface area (TPSA) is 45.1 Å². The van der Waals surface area contributed by atoms with Gasteiger partial charge in [-0.2, -0.15) is 0 Å². The molecule has 1 aromatic carbocycles. The number of nitrogens with zero attached hydrogens (tertiary/aromatic N) is 3. The van der Waals surface area contributed by atoms with Crippen LogP contribution in [0.1, 0.15) is 25.3 Å². The second-order valence-electron chi connectivity index (χ2n) is 7.39. The van der Waals surface area contributed by atoms with Gasteiger partial charge in [-0.25, -0.2) is 0 Å². The van der Waals surface area contributed by atoms with Crippen LogP contribution >= 0.6 is 0 Å². The van der Waals surface area contributed by atoms with Crippen molar-refractivity contribution in [2.75, 3.05) is 27.2 Å². The number of carbonyl (C=O) groups excluding carboxylic acids is 1. The molecule has 4 rings (SSSR count). The van der Waals surface area contributed by atoms with Gasteiger partial charge in [-0.15, -0.1) is 0 Å². The third-order valence-electron chi connectivity index (χ3n) is 6.11. The molecule has 24 heavy (non-hydrogen) atoms. The van der Waals surface area contributed by atoms with Crippen LogP contribution in [0, 0.1) is 11.8 Å². The van der Waals surface area contributed by atoms with E-state index in [2.05, 4.69) is 17.0 Å². The largest absolute Gasteiger partial charge is 0.497 e. The van der Waals surface area contributed by atoms with E-state index >= 15 is 0 Å². The Bertz CT molecular complexity index is 684. The van der Waals surface area contributed by atoms with Crippen molar-refractivity contribution in [3.63, 3.8) is 0 Å². The Morgan fingerprint density at radius 1 is 1.29 bits per heavy atom. The van der Waals surface area contributed by atoms with Crippen LogP contribution < -0.4 is 4.74 Å². The number of amides is 1. The van der Waals surface area contributed by atoms with E-state index in [-0.39, 0.29) is 5.91 Å². The molecule has 1 aromatic rings. The second-order valence-corrected chi connectivity index (χ2v) is 7.39. The van der Waals surface area contributed by atoms with Crippen molar-refractivity contribution in [3.8, 4) is 5.75 Å². The van der Waals surface area contributed by atoms with Crippen molar-refractivity contribution >= 4 is 11.7 Å². The van der Waals surface area contributed by atoms with E-state index in [1.807, 2.05) is 26.1 Å². The number of ether oxygens (including phenoxy) is 1. The lowest BCUT2D eigenvalue weighted by Gasteiger charge is -2.27. The fourth-order valence-corrected chi connectivity index (χ4v) is 4.76.